The highest BCUT2D eigenvalue weighted by Crippen LogP contribution is 2.11. The molecule has 4 heteroatoms. The molecule has 1 N–H and O–H groups in total. The van der Waals surface area contributed by atoms with Crippen molar-refractivity contribution in [3.63, 3.8) is 0 Å². The molecule has 0 unspecified atom stereocenters. The van der Waals surface area contributed by atoms with E-state index < -0.39 is 0 Å². The minimum atomic E-state index is 0.0260. The van der Waals surface area contributed by atoms with Crippen molar-refractivity contribution in [1.82, 2.24) is 9.88 Å². The molecular formula is C16H19N3O. The highest BCUT2D eigenvalue weighted by Gasteiger charge is 2.11. The van der Waals surface area contributed by atoms with Gasteiger partial charge < -0.3 is 10.2 Å². The van der Waals surface area contributed by atoms with E-state index in [1.807, 2.05) is 56.6 Å². The van der Waals surface area contributed by atoms with Crippen LogP contribution in [0, 0.1) is 0 Å². The van der Waals surface area contributed by atoms with E-state index in [0.29, 0.717) is 12.1 Å². The van der Waals surface area contributed by atoms with Gasteiger partial charge in [-0.3, -0.25) is 9.78 Å². The van der Waals surface area contributed by atoms with Crippen LogP contribution in [0.1, 0.15) is 16.1 Å². The van der Waals surface area contributed by atoms with E-state index in [1.165, 1.54) is 0 Å². The number of pyridine rings is 1. The van der Waals surface area contributed by atoms with Gasteiger partial charge in [-0.25, -0.2) is 0 Å². The molecule has 0 aliphatic carbocycles. The average Bonchev–Trinajstić information content (AvgIpc) is 2.53. The van der Waals surface area contributed by atoms with Gasteiger partial charge in [0.25, 0.3) is 5.91 Å². The molecule has 0 radical (unpaired) electrons. The van der Waals surface area contributed by atoms with Crippen LogP contribution >= 0.6 is 0 Å². The molecule has 0 saturated carbocycles. The number of rotatable bonds is 5. The van der Waals surface area contributed by atoms with Crippen LogP contribution in [-0.4, -0.2) is 36.4 Å². The molecule has 104 valence electrons. The maximum absolute atomic E-state index is 12.3. The number of benzene rings is 1. The summed E-state index contributed by atoms with van der Waals surface area (Å²) in [5.74, 6) is 0.0260. The summed E-state index contributed by atoms with van der Waals surface area (Å²) in [6.45, 7) is 0.652. The second-order valence-electron chi connectivity index (χ2n) is 4.63. The first-order valence-corrected chi connectivity index (χ1v) is 6.64. The molecule has 0 fully saturated rings. The summed E-state index contributed by atoms with van der Waals surface area (Å²) in [5, 5.41) is 3.04. The molecule has 2 rings (SSSR count). The number of likely N-dealkylation sites (N-methyl/N-ethyl adjacent to an activating group) is 1. The standard InChI is InChI=1S/C16H19N3O/c1-17-15-8-5-6-13(12-15)16(20)19(2)11-9-14-7-3-4-10-18-14/h3-8,10,12,17H,9,11H2,1-2H3. The molecule has 20 heavy (non-hydrogen) atoms. The largest absolute Gasteiger partial charge is 0.388 e. The van der Waals surface area contributed by atoms with Crippen LogP contribution in [0.2, 0.25) is 0 Å². The van der Waals surface area contributed by atoms with E-state index in [1.54, 1.807) is 11.1 Å². The quantitative estimate of drug-likeness (QED) is 0.906. The number of anilines is 1. The van der Waals surface area contributed by atoms with E-state index >= 15 is 0 Å². The van der Waals surface area contributed by atoms with Gasteiger partial charge in [0.15, 0.2) is 0 Å². The lowest BCUT2D eigenvalue weighted by molar-refractivity contribution is 0.0796. The van der Waals surface area contributed by atoms with Crippen LogP contribution in [0.4, 0.5) is 5.69 Å². The molecule has 1 aromatic carbocycles. The van der Waals surface area contributed by atoms with E-state index in [-0.39, 0.29) is 5.91 Å². The van der Waals surface area contributed by atoms with Crippen LogP contribution in [-0.2, 0) is 6.42 Å². The van der Waals surface area contributed by atoms with Crippen molar-refractivity contribution in [2.45, 2.75) is 6.42 Å². The molecule has 0 saturated heterocycles. The zero-order chi connectivity index (χ0) is 14.4. The lowest BCUT2D eigenvalue weighted by atomic mass is 10.1. The summed E-state index contributed by atoms with van der Waals surface area (Å²) in [4.78, 5) is 18.3. The van der Waals surface area contributed by atoms with Gasteiger partial charge in [0.05, 0.1) is 0 Å². The number of aromatic nitrogens is 1. The fourth-order valence-corrected chi connectivity index (χ4v) is 1.96. The molecule has 1 aromatic heterocycles. The molecule has 2 aromatic rings. The SMILES string of the molecule is CNc1cccc(C(=O)N(C)CCc2ccccn2)c1. The van der Waals surface area contributed by atoms with E-state index in [2.05, 4.69) is 10.3 Å². The van der Waals surface area contributed by atoms with Crippen LogP contribution in [0.5, 0.6) is 0 Å². The number of carbonyl (C=O) groups excluding carboxylic acids is 1. The maximum atomic E-state index is 12.3. The second kappa shape index (κ2) is 6.70. The van der Waals surface area contributed by atoms with Crippen molar-refractivity contribution in [1.29, 1.82) is 0 Å². The number of nitrogens with one attached hydrogen (secondary N) is 1. The van der Waals surface area contributed by atoms with E-state index in [0.717, 1.165) is 17.8 Å². The molecule has 1 amide bonds. The summed E-state index contributed by atoms with van der Waals surface area (Å²) in [6, 6.07) is 13.3. The van der Waals surface area contributed by atoms with Gasteiger partial charge in [-0.1, -0.05) is 12.1 Å². The van der Waals surface area contributed by atoms with Gasteiger partial charge in [-0.05, 0) is 30.3 Å². The van der Waals surface area contributed by atoms with Crippen molar-refractivity contribution in [2.75, 3.05) is 26.0 Å². The van der Waals surface area contributed by atoms with Crippen molar-refractivity contribution in [2.24, 2.45) is 0 Å². The van der Waals surface area contributed by atoms with Crippen LogP contribution in [0.25, 0.3) is 0 Å². The lowest BCUT2D eigenvalue weighted by Crippen LogP contribution is -2.29. The highest BCUT2D eigenvalue weighted by atomic mass is 16.2. The predicted molar refractivity (Wildman–Crippen MR) is 80.9 cm³/mol. The van der Waals surface area contributed by atoms with Crippen molar-refractivity contribution in [3.05, 3.63) is 59.9 Å². The van der Waals surface area contributed by atoms with E-state index in [4.69, 9.17) is 0 Å². The van der Waals surface area contributed by atoms with Gasteiger partial charge in [-0.15, -0.1) is 0 Å². The number of nitrogens with zero attached hydrogens (tertiary/aromatic N) is 2. The molecule has 4 nitrogen and oxygen atoms in total. The number of carbonyl (C=O) groups is 1. The highest BCUT2D eigenvalue weighted by molar-refractivity contribution is 5.94. The fraction of sp³-hybridized carbons (Fsp3) is 0.250. The third-order valence-electron chi connectivity index (χ3n) is 3.17. The van der Waals surface area contributed by atoms with Crippen LogP contribution in [0.3, 0.4) is 0 Å². The van der Waals surface area contributed by atoms with Gasteiger partial charge in [0, 0.05) is 50.2 Å². The first-order valence-electron chi connectivity index (χ1n) is 6.64. The Morgan fingerprint density at radius 2 is 2.10 bits per heavy atom. The molecule has 0 aliphatic rings. The third kappa shape index (κ3) is 3.57. The summed E-state index contributed by atoms with van der Waals surface area (Å²) in [5.41, 5.74) is 2.63. The zero-order valence-electron chi connectivity index (χ0n) is 11.8. The molecule has 0 aliphatic heterocycles. The van der Waals surface area contributed by atoms with Gasteiger partial charge >= 0.3 is 0 Å². The monoisotopic (exact) mass is 269 g/mol. The maximum Gasteiger partial charge on any atom is 0.253 e. The Hall–Kier alpha value is -2.36. The van der Waals surface area contributed by atoms with Crippen LogP contribution in [0.15, 0.2) is 48.7 Å². The molecule has 0 spiro atoms. The van der Waals surface area contributed by atoms with Gasteiger partial charge in [-0.2, -0.15) is 0 Å². The number of amides is 1. The Bertz CT molecular complexity index is 569. The van der Waals surface area contributed by atoms with Crippen molar-refractivity contribution >= 4 is 11.6 Å². The van der Waals surface area contributed by atoms with Crippen LogP contribution < -0.4 is 5.32 Å². The Kier molecular flexibility index (Phi) is 4.71. The topological polar surface area (TPSA) is 45.2 Å². The first-order chi connectivity index (χ1) is 9.70. The molecule has 0 bridgehead atoms. The number of hydrogen-bond donors (Lipinski definition) is 1. The Morgan fingerprint density at radius 3 is 2.80 bits per heavy atom. The van der Waals surface area contributed by atoms with Crippen molar-refractivity contribution < 1.29 is 4.79 Å². The van der Waals surface area contributed by atoms with Gasteiger partial charge in [0.2, 0.25) is 0 Å². The Labute approximate surface area is 119 Å². The number of hydrogen-bond acceptors (Lipinski definition) is 3. The zero-order valence-corrected chi connectivity index (χ0v) is 11.8. The predicted octanol–water partition coefficient (Wildman–Crippen LogP) is 2.44. The smallest absolute Gasteiger partial charge is 0.253 e. The Balaban J connectivity index is 1.98. The fourth-order valence-electron chi connectivity index (χ4n) is 1.96. The molecule has 0 atom stereocenters. The summed E-state index contributed by atoms with van der Waals surface area (Å²) in [6.07, 6.45) is 2.53. The Morgan fingerprint density at radius 1 is 1.25 bits per heavy atom. The lowest BCUT2D eigenvalue weighted by Gasteiger charge is -2.17. The molecular weight excluding hydrogens is 250 g/mol. The second-order valence-corrected chi connectivity index (χ2v) is 4.63. The van der Waals surface area contributed by atoms with Gasteiger partial charge in [0.1, 0.15) is 0 Å². The summed E-state index contributed by atoms with van der Waals surface area (Å²) < 4.78 is 0. The minimum absolute atomic E-state index is 0.0260. The third-order valence-corrected chi connectivity index (χ3v) is 3.17. The average molecular weight is 269 g/mol. The normalized spacial score (nSPS) is 10.1. The van der Waals surface area contributed by atoms with Crippen molar-refractivity contribution in [3.8, 4) is 0 Å². The summed E-state index contributed by atoms with van der Waals surface area (Å²) >= 11 is 0. The first kappa shape index (κ1) is 14.1. The summed E-state index contributed by atoms with van der Waals surface area (Å²) in [7, 11) is 3.66. The minimum Gasteiger partial charge on any atom is -0.388 e. The van der Waals surface area contributed by atoms with E-state index in [9.17, 15) is 4.79 Å². The molecule has 1 heterocycles.